The van der Waals surface area contributed by atoms with Crippen molar-refractivity contribution in [3.8, 4) is 23.0 Å². The van der Waals surface area contributed by atoms with Gasteiger partial charge in [-0.1, -0.05) is 0 Å². The second kappa shape index (κ2) is 22.6. The number of nitrogens with two attached hydrogens (primary N) is 1. The van der Waals surface area contributed by atoms with E-state index in [1.54, 1.807) is 56.9 Å². The van der Waals surface area contributed by atoms with Crippen LogP contribution in [-0.4, -0.2) is 192 Å². The number of ether oxygens (including phenoxy) is 6. The summed E-state index contributed by atoms with van der Waals surface area (Å²) in [5, 5.41) is 25.3. The number of amides is 2. The number of methoxy groups -OCH3 is 2. The number of nitrogens with one attached hydrogen (secondary N) is 1. The third-order valence-corrected chi connectivity index (χ3v) is 12.6. The molecule has 0 saturated carbocycles. The number of hydrogen-bond acceptors (Lipinski definition) is 19. The van der Waals surface area contributed by atoms with E-state index in [1.165, 1.54) is 6.20 Å². The highest BCUT2D eigenvalue weighted by Gasteiger charge is 2.35. The van der Waals surface area contributed by atoms with Crippen LogP contribution >= 0.6 is 0 Å². The largest absolute Gasteiger partial charge is 0.491 e. The number of primary amides is 1. The molecule has 380 valence electrons. The maximum atomic E-state index is 12.7. The number of β-amino-alcohol motifs (C(OH)–C–C–N with tert-alkyl or cyclic N) is 2. The summed E-state index contributed by atoms with van der Waals surface area (Å²) < 4.78 is 36.4. The number of rotatable bonds is 15. The molecular weight excluding hydrogens is 929 g/mol. The average Bonchev–Trinajstić information content (AvgIpc) is 4.09. The predicted molar refractivity (Wildman–Crippen MR) is 266 cm³/mol. The van der Waals surface area contributed by atoms with Crippen LogP contribution in [0.3, 0.4) is 0 Å². The van der Waals surface area contributed by atoms with Crippen LogP contribution in [0.25, 0.3) is 10.9 Å². The summed E-state index contributed by atoms with van der Waals surface area (Å²) in [6.07, 6.45) is 3.56. The standard InChI is InChI=1S/C26H32N6O5.C24H28N6O5/c1-15-11-31(12-16(2)37-15)13-17(33)14-36-20-7-6-19-21(23(20)35-3)30-26(32-10-9-29-25(19)32)22-18(24(27)34)5-4-8-28-22;1-33-21-19(35-15-17(31)14-29-9-11-34-12-10-29)5-4-18-20(21)27-24(30-8-7-26-22(18)30)28-23(32)16-3-2-6-25-13-16/h4-8,15-17,33H,9-14H2,1-3H3,(H2,27,34);2-6,13,17,26,31H,7-12,14-15H2,1H3/t15-,16+,17-;17-/m10/s1. The Morgan fingerprint density at radius 1 is 0.875 bits per heavy atom. The van der Waals surface area contributed by atoms with Crippen molar-refractivity contribution in [2.24, 2.45) is 20.7 Å². The Morgan fingerprint density at radius 3 is 2.29 bits per heavy atom. The first kappa shape index (κ1) is 49.9. The molecule has 3 aromatic heterocycles. The lowest BCUT2D eigenvalue weighted by Crippen LogP contribution is -2.48. The molecule has 8 heterocycles. The van der Waals surface area contributed by atoms with Crippen molar-refractivity contribution in [3.63, 3.8) is 0 Å². The second-order valence-electron chi connectivity index (χ2n) is 17.9. The van der Waals surface area contributed by atoms with Gasteiger partial charge in [-0.25, -0.2) is 9.98 Å². The van der Waals surface area contributed by atoms with Crippen LogP contribution in [-0.2, 0) is 16.0 Å². The van der Waals surface area contributed by atoms with Crippen LogP contribution in [0.1, 0.15) is 45.8 Å². The number of anilines is 1. The molecular formula is C50H60N12O10. The van der Waals surface area contributed by atoms with E-state index in [0.29, 0.717) is 104 Å². The number of hydrogen-bond donors (Lipinski definition) is 4. The number of aromatic nitrogens is 4. The van der Waals surface area contributed by atoms with E-state index in [9.17, 15) is 19.8 Å². The minimum Gasteiger partial charge on any atom is -0.491 e. The number of carbonyl (C=O) groups is 2. The normalized spacial score (nSPS) is 19.6. The van der Waals surface area contributed by atoms with Crippen LogP contribution in [0, 0.1) is 0 Å². The van der Waals surface area contributed by atoms with E-state index < -0.39 is 24.0 Å². The molecule has 72 heavy (non-hydrogen) atoms. The first-order valence-corrected chi connectivity index (χ1v) is 24.0. The lowest BCUT2D eigenvalue weighted by atomic mass is 10.0. The number of aliphatic hydroxyl groups is 2. The quantitative estimate of drug-likeness (QED) is 0.117. The molecule has 5 aliphatic rings. The predicted octanol–water partition coefficient (Wildman–Crippen LogP) is 1.87. The zero-order chi connectivity index (χ0) is 50.3. The molecule has 22 heteroatoms. The topological polar surface area (TPSA) is 258 Å². The summed E-state index contributed by atoms with van der Waals surface area (Å²) >= 11 is 0. The van der Waals surface area contributed by atoms with E-state index >= 15 is 0 Å². The first-order valence-electron chi connectivity index (χ1n) is 24.0. The number of amidine groups is 2. The molecule has 0 bridgehead atoms. The Hall–Kier alpha value is -7.08. The average molecular weight is 989 g/mol. The molecule has 0 radical (unpaired) electrons. The molecule has 4 atom stereocenters. The molecule has 2 amide bonds. The summed E-state index contributed by atoms with van der Waals surface area (Å²) in [6.45, 7) is 12.2. The van der Waals surface area contributed by atoms with Crippen LogP contribution in [0.5, 0.6) is 23.0 Å². The van der Waals surface area contributed by atoms with Crippen LogP contribution in [0.2, 0.25) is 0 Å². The van der Waals surface area contributed by atoms with Crippen molar-refractivity contribution in [1.82, 2.24) is 34.2 Å². The number of nitrogens with zero attached hydrogens (tertiary/aromatic N) is 10. The summed E-state index contributed by atoms with van der Waals surface area (Å²) in [7, 11) is 3.09. The van der Waals surface area contributed by atoms with Gasteiger partial charge in [0.15, 0.2) is 28.8 Å². The fourth-order valence-corrected chi connectivity index (χ4v) is 9.45. The summed E-state index contributed by atoms with van der Waals surface area (Å²) in [4.78, 5) is 58.0. The maximum Gasteiger partial charge on any atom is 0.281 e. The number of morpholine rings is 2. The highest BCUT2D eigenvalue weighted by atomic mass is 16.5. The molecule has 2 aromatic carbocycles. The SMILES string of the molecule is COc1c(OC[C@@H](O)CN2CCOCC2)ccc2c3n(c(=NC(=O)c4cccnc4)nc12)CCN3.COc1c(OC[C@H](O)CN2C[C@@H](C)O[C@@H](C)C2)ccc2c1N=C(c1ncccc1C(N)=O)N1CCN=C21. The monoisotopic (exact) mass is 988 g/mol. The number of fused-ring (bicyclic) bond motifs is 6. The summed E-state index contributed by atoms with van der Waals surface area (Å²) in [5.41, 5.74) is 8.77. The number of benzene rings is 2. The number of carbonyl (C=O) groups excluding carboxylic acids is 2. The van der Waals surface area contributed by atoms with Crippen molar-refractivity contribution < 1.29 is 48.2 Å². The van der Waals surface area contributed by atoms with Crippen molar-refractivity contribution in [2.75, 3.05) is 105 Å². The third kappa shape index (κ3) is 11.0. The van der Waals surface area contributed by atoms with E-state index in [2.05, 4.69) is 40.1 Å². The van der Waals surface area contributed by atoms with Gasteiger partial charge >= 0.3 is 0 Å². The lowest BCUT2D eigenvalue weighted by molar-refractivity contribution is -0.0787. The van der Waals surface area contributed by atoms with Gasteiger partial charge < -0.3 is 54.6 Å². The Labute approximate surface area is 415 Å². The van der Waals surface area contributed by atoms with E-state index in [-0.39, 0.29) is 36.6 Å². The number of aliphatic hydroxyl groups excluding tert-OH is 2. The van der Waals surface area contributed by atoms with Gasteiger partial charge in [-0.2, -0.15) is 4.99 Å². The summed E-state index contributed by atoms with van der Waals surface area (Å²) in [6, 6.07) is 14.0. The molecule has 5 N–H and O–H groups in total. The molecule has 10 rings (SSSR count). The molecule has 0 unspecified atom stereocenters. The smallest absolute Gasteiger partial charge is 0.281 e. The minimum absolute atomic E-state index is 0.0883. The van der Waals surface area contributed by atoms with Crippen molar-refractivity contribution in [1.29, 1.82) is 0 Å². The Morgan fingerprint density at radius 2 is 1.58 bits per heavy atom. The molecule has 0 spiro atoms. The highest BCUT2D eigenvalue weighted by Crippen LogP contribution is 2.44. The highest BCUT2D eigenvalue weighted by molar-refractivity contribution is 6.22. The van der Waals surface area contributed by atoms with Gasteiger partial charge in [0, 0.05) is 88.4 Å². The molecule has 22 nitrogen and oxygen atoms in total. The van der Waals surface area contributed by atoms with E-state index in [0.717, 1.165) is 48.8 Å². The summed E-state index contributed by atoms with van der Waals surface area (Å²) in [5.74, 6) is 2.75. The van der Waals surface area contributed by atoms with Crippen LogP contribution in [0.4, 0.5) is 11.5 Å². The van der Waals surface area contributed by atoms with Crippen molar-refractivity contribution in [2.45, 2.75) is 44.8 Å². The fraction of sp³-hybridized carbons (Fsp3) is 0.440. The van der Waals surface area contributed by atoms with E-state index in [1.807, 2.05) is 41.5 Å². The lowest BCUT2D eigenvalue weighted by Gasteiger charge is -2.36. The van der Waals surface area contributed by atoms with Gasteiger partial charge in [0.1, 0.15) is 54.0 Å². The van der Waals surface area contributed by atoms with Crippen LogP contribution in [0.15, 0.2) is 82.1 Å². The molecule has 2 saturated heterocycles. The minimum atomic E-state index is -0.696. The zero-order valence-corrected chi connectivity index (χ0v) is 40.8. The first-order chi connectivity index (χ1) is 35.0. The Bertz CT molecular complexity index is 2900. The van der Waals surface area contributed by atoms with Gasteiger partial charge in [0.05, 0.1) is 57.3 Å². The number of pyridine rings is 2. The van der Waals surface area contributed by atoms with E-state index in [4.69, 9.17) is 39.1 Å². The Balaban J connectivity index is 0.000000178. The Kier molecular flexibility index (Phi) is 15.6. The van der Waals surface area contributed by atoms with Gasteiger partial charge in [-0.05, 0) is 62.4 Å². The van der Waals surface area contributed by atoms with Crippen LogP contribution < -0.4 is 35.6 Å². The molecule has 0 aliphatic carbocycles. The maximum absolute atomic E-state index is 12.7. The van der Waals surface area contributed by atoms with Crippen molar-refractivity contribution >= 4 is 45.9 Å². The van der Waals surface area contributed by atoms with Gasteiger partial charge in [0.25, 0.3) is 11.8 Å². The zero-order valence-electron chi connectivity index (χ0n) is 40.8. The van der Waals surface area contributed by atoms with Crippen molar-refractivity contribution in [3.05, 3.63) is 95.1 Å². The van der Waals surface area contributed by atoms with Gasteiger partial charge in [-0.15, -0.1) is 0 Å². The third-order valence-electron chi connectivity index (χ3n) is 12.6. The molecule has 2 fully saturated rings. The fourth-order valence-electron chi connectivity index (χ4n) is 9.45. The van der Waals surface area contributed by atoms with Gasteiger partial charge in [0.2, 0.25) is 5.62 Å². The van der Waals surface area contributed by atoms with Gasteiger partial charge in [-0.3, -0.25) is 38.9 Å². The second-order valence-corrected chi connectivity index (χ2v) is 17.9. The molecule has 5 aliphatic heterocycles. The number of aliphatic imine (C=N–C) groups is 2. The molecule has 5 aromatic rings.